The van der Waals surface area contributed by atoms with E-state index >= 15 is 0 Å². The molecule has 4 aliphatic rings. The maximum Gasteiger partial charge on any atom is 0.216 e. The zero-order valence-corrected chi connectivity index (χ0v) is 24.9. The van der Waals surface area contributed by atoms with Crippen molar-refractivity contribution in [2.24, 2.45) is 11.3 Å². The van der Waals surface area contributed by atoms with E-state index in [4.69, 9.17) is 26.3 Å². The fraction of sp³-hybridized carbons (Fsp3) is 0.471. The second-order valence-electron chi connectivity index (χ2n) is 13.2. The molecular formula is C34H38ClN5O2. The molecule has 2 atom stereocenters. The van der Waals surface area contributed by atoms with Gasteiger partial charge in [-0.05, 0) is 99.8 Å². The number of anilines is 1. The molecule has 4 fully saturated rings. The van der Waals surface area contributed by atoms with Crippen LogP contribution in [-0.4, -0.2) is 71.9 Å². The van der Waals surface area contributed by atoms with Crippen molar-refractivity contribution in [2.75, 3.05) is 44.7 Å². The van der Waals surface area contributed by atoms with Crippen LogP contribution in [0.25, 0.3) is 32.9 Å². The summed E-state index contributed by atoms with van der Waals surface area (Å²) < 4.78 is 6.62. The molecule has 0 amide bonds. The Bertz CT molecular complexity index is 1650. The molecule has 3 saturated heterocycles. The summed E-state index contributed by atoms with van der Waals surface area (Å²) in [5.74, 6) is 1.61. The second-order valence-corrected chi connectivity index (χ2v) is 13.6. The van der Waals surface area contributed by atoms with E-state index in [0.717, 1.165) is 64.2 Å². The van der Waals surface area contributed by atoms with E-state index in [1.54, 1.807) is 12.1 Å². The number of hydrogen-bond acceptors (Lipinski definition) is 7. The number of nitrogens with zero attached hydrogens (tertiary/aromatic N) is 4. The lowest BCUT2D eigenvalue weighted by molar-refractivity contribution is 0.110. The molecule has 4 aromatic rings. The van der Waals surface area contributed by atoms with Gasteiger partial charge in [-0.15, -0.1) is 0 Å². The van der Waals surface area contributed by atoms with Gasteiger partial charge in [-0.1, -0.05) is 23.7 Å². The van der Waals surface area contributed by atoms with E-state index in [1.165, 1.54) is 51.6 Å². The van der Waals surface area contributed by atoms with Gasteiger partial charge in [0.2, 0.25) is 5.88 Å². The third-order valence-electron chi connectivity index (χ3n) is 10.4. The maximum atomic E-state index is 10.6. The molecule has 5 heterocycles. The minimum Gasteiger partial charge on any atom is -0.508 e. The number of halogens is 1. The Kier molecular flexibility index (Phi) is 6.47. The number of aromatic nitrogens is 2. The van der Waals surface area contributed by atoms with Crippen molar-refractivity contribution in [1.82, 2.24) is 20.2 Å². The first-order chi connectivity index (χ1) is 20.4. The summed E-state index contributed by atoms with van der Waals surface area (Å²) in [5, 5.41) is 16.7. The smallest absolute Gasteiger partial charge is 0.216 e. The van der Waals surface area contributed by atoms with Gasteiger partial charge >= 0.3 is 0 Å². The number of nitrogens with one attached hydrogen (secondary N) is 1. The number of phenols is 1. The van der Waals surface area contributed by atoms with Crippen LogP contribution in [0.4, 0.5) is 5.69 Å². The molecule has 0 spiro atoms. The summed E-state index contributed by atoms with van der Waals surface area (Å²) in [7, 11) is 2.23. The number of rotatable bonds is 6. The first-order valence-corrected chi connectivity index (χ1v) is 15.9. The highest BCUT2D eigenvalue weighted by Crippen LogP contribution is 2.55. The molecule has 2 bridgehead atoms. The normalized spacial score (nSPS) is 24.0. The van der Waals surface area contributed by atoms with Gasteiger partial charge in [0.05, 0.1) is 17.8 Å². The number of piperazine rings is 1. The van der Waals surface area contributed by atoms with E-state index in [0.29, 0.717) is 28.4 Å². The minimum absolute atomic E-state index is 0.200. The van der Waals surface area contributed by atoms with Crippen LogP contribution in [0.1, 0.15) is 38.5 Å². The highest BCUT2D eigenvalue weighted by Gasteiger charge is 2.50. The third kappa shape index (κ3) is 4.76. The molecule has 2 aromatic heterocycles. The highest BCUT2D eigenvalue weighted by molar-refractivity contribution is 6.36. The Labute approximate surface area is 251 Å². The topological polar surface area (TPSA) is 73.8 Å². The molecule has 0 radical (unpaired) electrons. The van der Waals surface area contributed by atoms with Gasteiger partial charge in [-0.3, -0.25) is 4.98 Å². The van der Waals surface area contributed by atoms with Crippen LogP contribution in [0.2, 0.25) is 5.02 Å². The zero-order valence-electron chi connectivity index (χ0n) is 24.2. The van der Waals surface area contributed by atoms with Crippen molar-refractivity contribution >= 4 is 39.1 Å². The quantitative estimate of drug-likeness (QED) is 0.278. The number of phenolic OH excluding ortho intramolecular Hbond substituents is 1. The molecule has 218 valence electrons. The minimum atomic E-state index is 0.200. The van der Waals surface area contributed by atoms with E-state index in [2.05, 4.69) is 34.3 Å². The van der Waals surface area contributed by atoms with Crippen molar-refractivity contribution in [3.05, 3.63) is 53.7 Å². The first-order valence-electron chi connectivity index (χ1n) is 15.5. The van der Waals surface area contributed by atoms with E-state index in [9.17, 15) is 5.11 Å². The molecule has 2 aromatic carbocycles. The predicted molar refractivity (Wildman–Crippen MR) is 169 cm³/mol. The van der Waals surface area contributed by atoms with Gasteiger partial charge in [0.25, 0.3) is 0 Å². The Morgan fingerprint density at radius 1 is 1.05 bits per heavy atom. The molecule has 8 heteroatoms. The van der Waals surface area contributed by atoms with Gasteiger partial charge < -0.3 is 25.0 Å². The molecule has 1 saturated carbocycles. The largest absolute Gasteiger partial charge is 0.508 e. The van der Waals surface area contributed by atoms with Crippen LogP contribution >= 0.6 is 11.6 Å². The zero-order chi connectivity index (χ0) is 28.4. The average molecular weight is 584 g/mol. The molecule has 8 rings (SSSR count). The summed E-state index contributed by atoms with van der Waals surface area (Å²) in [4.78, 5) is 15.0. The van der Waals surface area contributed by atoms with Crippen LogP contribution in [0, 0.1) is 11.3 Å². The summed E-state index contributed by atoms with van der Waals surface area (Å²) in [6.45, 7) is 5.01. The van der Waals surface area contributed by atoms with E-state index < -0.39 is 0 Å². The van der Waals surface area contributed by atoms with Crippen LogP contribution in [0.3, 0.4) is 0 Å². The number of piperidine rings is 1. The Morgan fingerprint density at radius 2 is 1.83 bits per heavy atom. The predicted octanol–water partition coefficient (Wildman–Crippen LogP) is 6.25. The lowest BCUT2D eigenvalue weighted by atomic mass is 9.82. The Morgan fingerprint density at radius 3 is 2.60 bits per heavy atom. The van der Waals surface area contributed by atoms with Crippen LogP contribution in [-0.2, 0) is 0 Å². The number of pyridine rings is 2. The van der Waals surface area contributed by atoms with Crippen molar-refractivity contribution < 1.29 is 9.84 Å². The number of hydrogen-bond donors (Lipinski definition) is 2. The standard InChI is InChI=1S/C34H38ClN5O2/c1-39-11-7-23(8-12-39)34(9-10-34)20-42-31-16-30(40-18-24-5-6-25(19-40)37-24)33-29(38-31)14-22(17-36-33)27-15-26(41)13-21-3-2-4-28(35)32(21)27/h2-4,13-17,23-25,37,41H,5-12,18-20H2,1H3. The van der Waals surface area contributed by atoms with Crippen LogP contribution < -0.4 is 15.0 Å². The number of ether oxygens (including phenoxy) is 1. The molecule has 3 aliphatic heterocycles. The Balaban J connectivity index is 1.18. The summed E-state index contributed by atoms with van der Waals surface area (Å²) in [6, 6.07) is 14.5. The van der Waals surface area contributed by atoms with Crippen molar-refractivity contribution in [2.45, 2.75) is 50.6 Å². The lowest BCUT2D eigenvalue weighted by Gasteiger charge is -2.35. The molecule has 2 N–H and O–H groups in total. The van der Waals surface area contributed by atoms with Crippen molar-refractivity contribution in [3.63, 3.8) is 0 Å². The van der Waals surface area contributed by atoms with Gasteiger partial charge in [0.1, 0.15) is 11.3 Å². The number of likely N-dealkylation sites (tertiary alicyclic amines) is 1. The van der Waals surface area contributed by atoms with Crippen molar-refractivity contribution in [3.8, 4) is 22.8 Å². The van der Waals surface area contributed by atoms with Gasteiger partial charge in [-0.25, -0.2) is 4.98 Å². The van der Waals surface area contributed by atoms with E-state index in [-0.39, 0.29) is 5.75 Å². The second kappa shape index (κ2) is 10.2. The summed E-state index contributed by atoms with van der Waals surface area (Å²) in [5.41, 5.74) is 4.81. The van der Waals surface area contributed by atoms with Gasteiger partial charge in [-0.2, -0.15) is 0 Å². The average Bonchev–Trinajstić information content (AvgIpc) is 3.71. The summed E-state index contributed by atoms with van der Waals surface area (Å²) in [6.07, 6.45) is 9.34. The number of benzene rings is 2. The lowest BCUT2D eigenvalue weighted by Crippen LogP contribution is -2.51. The number of fused-ring (bicyclic) bond motifs is 4. The maximum absolute atomic E-state index is 10.6. The summed E-state index contributed by atoms with van der Waals surface area (Å²) >= 11 is 6.68. The molecule has 2 unspecified atom stereocenters. The Hall–Kier alpha value is -3.13. The molecule has 42 heavy (non-hydrogen) atoms. The highest BCUT2D eigenvalue weighted by atomic mass is 35.5. The van der Waals surface area contributed by atoms with Gasteiger partial charge in [0.15, 0.2) is 0 Å². The molecule has 1 aliphatic carbocycles. The monoisotopic (exact) mass is 583 g/mol. The SMILES string of the molecule is CN1CCC(C2(COc3cc(N4CC5CCC(C4)N5)c4ncc(-c5cc(O)cc6cccc(Cl)c56)cc4n3)CC2)CC1. The first kappa shape index (κ1) is 26.5. The fourth-order valence-corrected chi connectivity index (χ4v) is 8.08. The molecule has 7 nitrogen and oxygen atoms in total. The molecular weight excluding hydrogens is 546 g/mol. The third-order valence-corrected chi connectivity index (χ3v) is 10.7. The number of aromatic hydroxyl groups is 1. The van der Waals surface area contributed by atoms with Crippen molar-refractivity contribution in [1.29, 1.82) is 0 Å². The van der Waals surface area contributed by atoms with Gasteiger partial charge in [0, 0.05) is 58.8 Å². The van der Waals surface area contributed by atoms with Crippen LogP contribution in [0.5, 0.6) is 11.6 Å². The van der Waals surface area contributed by atoms with E-state index in [1.807, 2.05) is 24.4 Å². The fourth-order valence-electron chi connectivity index (χ4n) is 7.79. The van der Waals surface area contributed by atoms with Crippen LogP contribution in [0.15, 0.2) is 48.7 Å².